The van der Waals surface area contributed by atoms with E-state index in [0.29, 0.717) is 12.3 Å². The van der Waals surface area contributed by atoms with Gasteiger partial charge >= 0.3 is 6.03 Å². The first-order chi connectivity index (χ1) is 8.86. The third-order valence-corrected chi connectivity index (χ3v) is 3.45. The van der Waals surface area contributed by atoms with Gasteiger partial charge in [0.05, 0.1) is 0 Å². The minimum atomic E-state index is -0.656. The zero-order chi connectivity index (χ0) is 14.8. The highest BCUT2D eigenvalue weighted by molar-refractivity contribution is 7.98. The van der Waals surface area contributed by atoms with E-state index in [2.05, 4.69) is 24.5 Å². The predicted octanol–water partition coefficient (Wildman–Crippen LogP) is 1.72. The van der Waals surface area contributed by atoms with Crippen LogP contribution in [0.4, 0.5) is 4.79 Å². The lowest BCUT2D eigenvalue weighted by atomic mass is 10.0. The monoisotopic (exact) mass is 289 g/mol. The Labute approximate surface area is 120 Å². The van der Waals surface area contributed by atoms with Crippen LogP contribution in [0, 0.1) is 5.92 Å². The van der Waals surface area contributed by atoms with Crippen LogP contribution in [-0.4, -0.2) is 36.0 Å². The summed E-state index contributed by atoms with van der Waals surface area (Å²) in [6, 6.07) is -1.08. The molecule has 0 aliphatic carbocycles. The van der Waals surface area contributed by atoms with Crippen molar-refractivity contribution in [3.63, 3.8) is 0 Å². The van der Waals surface area contributed by atoms with Crippen molar-refractivity contribution in [1.29, 1.82) is 0 Å². The molecule has 6 heteroatoms. The van der Waals surface area contributed by atoms with Crippen molar-refractivity contribution in [2.45, 2.75) is 52.1 Å². The summed E-state index contributed by atoms with van der Waals surface area (Å²) in [5.41, 5.74) is 5.10. The number of nitrogens with two attached hydrogens (primary N) is 1. The minimum Gasteiger partial charge on any atom is -0.352 e. The number of urea groups is 1. The van der Waals surface area contributed by atoms with E-state index in [1.54, 1.807) is 11.8 Å². The maximum atomic E-state index is 12.0. The van der Waals surface area contributed by atoms with Gasteiger partial charge < -0.3 is 16.4 Å². The average molecular weight is 289 g/mol. The van der Waals surface area contributed by atoms with Crippen molar-refractivity contribution in [3.8, 4) is 0 Å². The van der Waals surface area contributed by atoms with Crippen molar-refractivity contribution >= 4 is 23.7 Å². The van der Waals surface area contributed by atoms with Gasteiger partial charge in [-0.1, -0.05) is 13.8 Å². The number of hydrogen-bond donors (Lipinski definition) is 3. The predicted molar refractivity (Wildman–Crippen MR) is 81.2 cm³/mol. The molecule has 4 N–H and O–H groups in total. The second kappa shape index (κ2) is 9.95. The summed E-state index contributed by atoms with van der Waals surface area (Å²) in [4.78, 5) is 23.0. The highest BCUT2D eigenvalue weighted by Crippen LogP contribution is 2.07. The molecule has 5 nitrogen and oxygen atoms in total. The van der Waals surface area contributed by atoms with Gasteiger partial charge in [-0.3, -0.25) is 4.79 Å². The highest BCUT2D eigenvalue weighted by atomic mass is 32.2. The van der Waals surface area contributed by atoms with Gasteiger partial charge in [0.25, 0.3) is 0 Å². The van der Waals surface area contributed by atoms with Gasteiger partial charge in [-0.05, 0) is 44.1 Å². The number of carbonyl (C=O) groups excluding carboxylic acids is 2. The Hall–Kier alpha value is -0.910. The quantitative estimate of drug-likeness (QED) is 0.604. The largest absolute Gasteiger partial charge is 0.352 e. The first-order valence-electron chi connectivity index (χ1n) is 6.72. The SMILES string of the molecule is CSCCC(NC(N)=O)C(=O)NC(C)CCC(C)C. The number of primary amides is 1. The first kappa shape index (κ1) is 18.1. The summed E-state index contributed by atoms with van der Waals surface area (Å²) in [6.45, 7) is 6.30. The van der Waals surface area contributed by atoms with E-state index < -0.39 is 12.1 Å². The minimum absolute atomic E-state index is 0.112. The fourth-order valence-electron chi connectivity index (χ4n) is 1.68. The summed E-state index contributed by atoms with van der Waals surface area (Å²) in [5, 5.41) is 5.43. The summed E-state index contributed by atoms with van der Waals surface area (Å²) < 4.78 is 0. The molecule has 0 saturated heterocycles. The van der Waals surface area contributed by atoms with Gasteiger partial charge in [0.2, 0.25) is 5.91 Å². The fourth-order valence-corrected chi connectivity index (χ4v) is 2.15. The molecule has 3 amide bonds. The van der Waals surface area contributed by atoms with E-state index in [4.69, 9.17) is 5.73 Å². The van der Waals surface area contributed by atoms with Crippen LogP contribution in [0.5, 0.6) is 0 Å². The van der Waals surface area contributed by atoms with Gasteiger partial charge in [0.1, 0.15) is 6.04 Å². The second-order valence-electron chi connectivity index (χ2n) is 5.22. The van der Waals surface area contributed by atoms with Crippen LogP contribution in [0.25, 0.3) is 0 Å². The third-order valence-electron chi connectivity index (χ3n) is 2.81. The van der Waals surface area contributed by atoms with Crippen LogP contribution >= 0.6 is 11.8 Å². The van der Waals surface area contributed by atoms with Crippen molar-refractivity contribution in [2.24, 2.45) is 11.7 Å². The molecule has 0 rings (SSSR count). The van der Waals surface area contributed by atoms with Crippen LogP contribution in [0.15, 0.2) is 0 Å². The van der Waals surface area contributed by atoms with Gasteiger partial charge in [-0.15, -0.1) is 0 Å². The van der Waals surface area contributed by atoms with E-state index in [1.165, 1.54) is 0 Å². The molecule has 0 aromatic carbocycles. The normalized spacial score (nSPS) is 13.9. The van der Waals surface area contributed by atoms with E-state index >= 15 is 0 Å². The molecular formula is C13H27N3O2S. The molecular weight excluding hydrogens is 262 g/mol. The van der Waals surface area contributed by atoms with Crippen LogP contribution in [0.2, 0.25) is 0 Å². The van der Waals surface area contributed by atoms with Crippen molar-refractivity contribution in [1.82, 2.24) is 10.6 Å². The Morgan fingerprint density at radius 1 is 1.11 bits per heavy atom. The van der Waals surface area contributed by atoms with Gasteiger partial charge in [-0.25, -0.2) is 4.79 Å². The zero-order valence-electron chi connectivity index (χ0n) is 12.4. The average Bonchev–Trinajstić information content (AvgIpc) is 2.31. The van der Waals surface area contributed by atoms with Crippen LogP contribution in [-0.2, 0) is 4.79 Å². The van der Waals surface area contributed by atoms with E-state index in [1.807, 2.05) is 13.2 Å². The summed E-state index contributed by atoms with van der Waals surface area (Å²) in [5.74, 6) is 1.28. The fraction of sp³-hybridized carbons (Fsp3) is 0.846. The molecule has 0 aliphatic heterocycles. The van der Waals surface area contributed by atoms with Crippen LogP contribution in [0.1, 0.15) is 40.0 Å². The molecule has 0 heterocycles. The first-order valence-corrected chi connectivity index (χ1v) is 8.11. The summed E-state index contributed by atoms with van der Waals surface area (Å²) in [7, 11) is 0. The van der Waals surface area contributed by atoms with Gasteiger partial charge in [0.15, 0.2) is 0 Å². The lowest BCUT2D eigenvalue weighted by molar-refractivity contribution is -0.123. The highest BCUT2D eigenvalue weighted by Gasteiger charge is 2.20. The molecule has 0 fully saturated rings. The molecule has 0 spiro atoms. The van der Waals surface area contributed by atoms with E-state index in [0.717, 1.165) is 18.6 Å². The van der Waals surface area contributed by atoms with Crippen molar-refractivity contribution in [2.75, 3.05) is 12.0 Å². The van der Waals surface area contributed by atoms with Crippen molar-refractivity contribution < 1.29 is 9.59 Å². The zero-order valence-corrected chi connectivity index (χ0v) is 13.2. The molecule has 0 aromatic rings. The standard InChI is InChI=1S/C13H27N3O2S/c1-9(2)5-6-10(3)15-12(17)11(7-8-19-4)16-13(14)18/h9-11H,5-8H2,1-4H3,(H,15,17)(H3,14,16,18). The molecule has 0 saturated carbocycles. The Balaban J connectivity index is 4.24. The lowest BCUT2D eigenvalue weighted by Gasteiger charge is -2.21. The molecule has 0 aromatic heterocycles. The molecule has 0 aliphatic rings. The molecule has 0 bridgehead atoms. The Bertz CT molecular complexity index is 285. The third kappa shape index (κ3) is 9.64. The van der Waals surface area contributed by atoms with Gasteiger partial charge in [-0.2, -0.15) is 11.8 Å². The van der Waals surface area contributed by atoms with E-state index in [9.17, 15) is 9.59 Å². The number of rotatable bonds is 9. The van der Waals surface area contributed by atoms with Crippen LogP contribution < -0.4 is 16.4 Å². The summed E-state index contributed by atoms with van der Waals surface area (Å²) in [6.07, 6.45) is 4.56. The molecule has 2 unspecified atom stereocenters. The number of carbonyl (C=O) groups is 2. The number of hydrogen-bond acceptors (Lipinski definition) is 3. The Morgan fingerprint density at radius 2 is 1.74 bits per heavy atom. The lowest BCUT2D eigenvalue weighted by Crippen LogP contribution is -2.50. The van der Waals surface area contributed by atoms with E-state index in [-0.39, 0.29) is 11.9 Å². The number of nitrogens with one attached hydrogen (secondary N) is 2. The Morgan fingerprint density at radius 3 is 2.21 bits per heavy atom. The molecule has 2 atom stereocenters. The molecule has 0 radical (unpaired) electrons. The van der Waals surface area contributed by atoms with Gasteiger partial charge in [0, 0.05) is 6.04 Å². The summed E-state index contributed by atoms with van der Waals surface area (Å²) >= 11 is 1.64. The maximum absolute atomic E-state index is 12.0. The molecule has 112 valence electrons. The van der Waals surface area contributed by atoms with Crippen LogP contribution in [0.3, 0.4) is 0 Å². The van der Waals surface area contributed by atoms with Crippen molar-refractivity contribution in [3.05, 3.63) is 0 Å². The maximum Gasteiger partial charge on any atom is 0.312 e. The topological polar surface area (TPSA) is 84.2 Å². The number of amides is 3. The Kier molecular flexibility index (Phi) is 9.47. The molecule has 19 heavy (non-hydrogen) atoms. The smallest absolute Gasteiger partial charge is 0.312 e. The second-order valence-corrected chi connectivity index (χ2v) is 6.21. The number of thioether (sulfide) groups is 1.